The largest absolute Gasteiger partial charge is 0.481 e. The molecule has 0 spiro atoms. The SMILES string of the molecule is Cc1cc(Nc2cc(C3CC3)ccn2)nc(-c2cnc(C(C)(O)[C@H]3CC[C@H](C(=O)O)CC3)s2)c1. The quantitative estimate of drug-likeness (QED) is 0.404. The standard InChI is InChI=1S/C26H30N4O3S/c1-15-11-20(29-23(12-15)30-22-13-18(9-10-27-22)16-3-4-16)21-14-28-25(34-21)26(2,33)19-7-5-17(6-8-19)24(31)32/h9-14,16-17,19,33H,3-8H2,1-2H3,(H,31,32)(H,27,29,30)/t17-,19-,26?. The molecule has 1 atom stereocenters. The predicted octanol–water partition coefficient (Wildman–Crippen LogP) is 5.63. The van der Waals surface area contributed by atoms with Gasteiger partial charge < -0.3 is 15.5 Å². The molecule has 2 saturated carbocycles. The summed E-state index contributed by atoms with van der Waals surface area (Å²) in [5, 5.41) is 24.6. The van der Waals surface area contributed by atoms with Crippen molar-refractivity contribution >= 4 is 28.9 Å². The Morgan fingerprint density at radius 1 is 1.09 bits per heavy atom. The van der Waals surface area contributed by atoms with Gasteiger partial charge in [0.25, 0.3) is 0 Å². The lowest BCUT2D eigenvalue weighted by molar-refractivity contribution is -0.144. The van der Waals surface area contributed by atoms with Crippen LogP contribution in [-0.2, 0) is 10.4 Å². The van der Waals surface area contributed by atoms with Crippen LogP contribution in [0.5, 0.6) is 0 Å². The molecule has 3 N–H and O–H groups in total. The first kappa shape index (κ1) is 22.9. The van der Waals surface area contributed by atoms with E-state index in [1.807, 2.05) is 25.3 Å². The van der Waals surface area contributed by atoms with Crippen molar-refractivity contribution in [3.05, 3.63) is 52.8 Å². The second-order valence-electron chi connectivity index (χ2n) is 9.85. The molecule has 2 aliphatic carbocycles. The number of pyridine rings is 2. The van der Waals surface area contributed by atoms with Crippen LogP contribution in [0.15, 0.2) is 36.7 Å². The zero-order valence-corrected chi connectivity index (χ0v) is 20.3. The molecule has 0 radical (unpaired) electrons. The summed E-state index contributed by atoms with van der Waals surface area (Å²) >= 11 is 1.45. The Balaban J connectivity index is 1.34. The number of aliphatic carboxylic acids is 1. The maximum atomic E-state index is 11.3. The molecule has 3 heterocycles. The molecule has 0 bridgehead atoms. The molecule has 0 aromatic carbocycles. The summed E-state index contributed by atoms with van der Waals surface area (Å²) in [5.41, 5.74) is 2.09. The van der Waals surface area contributed by atoms with Gasteiger partial charge in [-0.15, -0.1) is 11.3 Å². The average Bonchev–Trinajstić information content (AvgIpc) is 3.54. The number of aromatic nitrogens is 3. The maximum Gasteiger partial charge on any atom is 0.306 e. The highest BCUT2D eigenvalue weighted by Gasteiger charge is 2.40. The van der Waals surface area contributed by atoms with Crippen molar-refractivity contribution in [3.63, 3.8) is 0 Å². The zero-order valence-electron chi connectivity index (χ0n) is 19.5. The molecule has 2 aliphatic rings. The van der Waals surface area contributed by atoms with E-state index in [4.69, 9.17) is 4.98 Å². The summed E-state index contributed by atoms with van der Waals surface area (Å²) in [6.45, 7) is 3.83. The summed E-state index contributed by atoms with van der Waals surface area (Å²) < 4.78 is 0. The first-order chi connectivity index (χ1) is 16.3. The first-order valence-electron chi connectivity index (χ1n) is 11.9. The van der Waals surface area contributed by atoms with Gasteiger partial charge >= 0.3 is 5.97 Å². The molecule has 3 aromatic heterocycles. The molecule has 0 saturated heterocycles. The van der Waals surface area contributed by atoms with E-state index in [0.29, 0.717) is 36.6 Å². The highest BCUT2D eigenvalue weighted by atomic mass is 32.1. The number of hydrogen-bond donors (Lipinski definition) is 3. The van der Waals surface area contributed by atoms with Crippen LogP contribution in [0.2, 0.25) is 0 Å². The number of nitrogens with one attached hydrogen (secondary N) is 1. The first-order valence-corrected chi connectivity index (χ1v) is 12.7. The van der Waals surface area contributed by atoms with Crippen molar-refractivity contribution in [3.8, 4) is 10.6 Å². The smallest absolute Gasteiger partial charge is 0.306 e. The van der Waals surface area contributed by atoms with Crippen LogP contribution < -0.4 is 5.32 Å². The Bertz CT molecular complexity index is 1200. The van der Waals surface area contributed by atoms with Gasteiger partial charge in [-0.2, -0.15) is 0 Å². The Morgan fingerprint density at radius 2 is 1.85 bits per heavy atom. The van der Waals surface area contributed by atoms with E-state index >= 15 is 0 Å². The Morgan fingerprint density at radius 3 is 2.56 bits per heavy atom. The van der Waals surface area contributed by atoms with Gasteiger partial charge in [0.1, 0.15) is 22.2 Å². The maximum absolute atomic E-state index is 11.3. The molecule has 0 amide bonds. The second-order valence-corrected chi connectivity index (χ2v) is 10.9. The highest BCUT2D eigenvalue weighted by molar-refractivity contribution is 7.15. The normalized spacial score (nSPS) is 22.2. The molecular formula is C26H30N4O3S. The highest BCUT2D eigenvalue weighted by Crippen LogP contribution is 2.43. The minimum absolute atomic E-state index is 0.00499. The van der Waals surface area contributed by atoms with Crippen molar-refractivity contribution in [2.45, 2.75) is 63.9 Å². The summed E-state index contributed by atoms with van der Waals surface area (Å²) in [5.74, 6) is 1.13. The summed E-state index contributed by atoms with van der Waals surface area (Å²) in [6, 6.07) is 8.19. The number of nitrogens with zero attached hydrogens (tertiary/aromatic N) is 3. The van der Waals surface area contributed by atoms with Gasteiger partial charge in [0.05, 0.1) is 16.5 Å². The van der Waals surface area contributed by atoms with Gasteiger partial charge in [-0.3, -0.25) is 4.79 Å². The lowest BCUT2D eigenvalue weighted by Crippen LogP contribution is -2.35. The second kappa shape index (κ2) is 9.07. The number of hydrogen-bond acceptors (Lipinski definition) is 7. The van der Waals surface area contributed by atoms with Crippen LogP contribution in [0.25, 0.3) is 10.6 Å². The number of carboxylic acids is 1. The molecular weight excluding hydrogens is 448 g/mol. The van der Waals surface area contributed by atoms with E-state index in [-0.39, 0.29) is 11.8 Å². The average molecular weight is 479 g/mol. The van der Waals surface area contributed by atoms with Gasteiger partial charge in [-0.25, -0.2) is 15.0 Å². The molecule has 34 heavy (non-hydrogen) atoms. The third-order valence-corrected chi connectivity index (χ3v) is 8.37. The minimum atomic E-state index is -1.09. The summed E-state index contributed by atoms with van der Waals surface area (Å²) in [4.78, 5) is 26.0. The number of carboxylic acid groups (broad SMARTS) is 1. The monoisotopic (exact) mass is 478 g/mol. The van der Waals surface area contributed by atoms with Gasteiger partial charge in [-0.1, -0.05) is 0 Å². The lowest BCUT2D eigenvalue weighted by atomic mass is 9.74. The number of thiazole rings is 1. The van der Waals surface area contributed by atoms with E-state index in [1.165, 1.54) is 29.7 Å². The molecule has 5 rings (SSSR count). The van der Waals surface area contributed by atoms with E-state index < -0.39 is 11.6 Å². The summed E-state index contributed by atoms with van der Waals surface area (Å²) in [7, 11) is 0. The molecule has 3 aromatic rings. The van der Waals surface area contributed by atoms with Crippen molar-refractivity contribution in [1.82, 2.24) is 15.0 Å². The van der Waals surface area contributed by atoms with Crippen molar-refractivity contribution < 1.29 is 15.0 Å². The van der Waals surface area contributed by atoms with Crippen molar-refractivity contribution in [2.75, 3.05) is 5.32 Å². The minimum Gasteiger partial charge on any atom is -0.481 e. The number of carbonyl (C=O) groups is 1. The molecule has 0 aliphatic heterocycles. The topological polar surface area (TPSA) is 108 Å². The van der Waals surface area contributed by atoms with Crippen LogP contribution in [0.3, 0.4) is 0 Å². The van der Waals surface area contributed by atoms with Gasteiger partial charge in [-0.05, 0) is 99.6 Å². The van der Waals surface area contributed by atoms with E-state index in [2.05, 4.69) is 27.4 Å². The number of anilines is 2. The van der Waals surface area contributed by atoms with Gasteiger partial charge in [0, 0.05) is 12.4 Å². The number of rotatable bonds is 7. The molecule has 1 unspecified atom stereocenters. The van der Waals surface area contributed by atoms with Crippen LogP contribution >= 0.6 is 11.3 Å². The van der Waals surface area contributed by atoms with Crippen LogP contribution in [0, 0.1) is 18.8 Å². The molecule has 178 valence electrons. The summed E-state index contributed by atoms with van der Waals surface area (Å²) in [6.07, 6.45) is 8.66. The fraction of sp³-hybridized carbons (Fsp3) is 0.462. The number of aryl methyl sites for hydroxylation is 1. The van der Waals surface area contributed by atoms with Gasteiger partial charge in [0.15, 0.2) is 0 Å². The van der Waals surface area contributed by atoms with Crippen LogP contribution in [0.4, 0.5) is 11.6 Å². The van der Waals surface area contributed by atoms with Crippen LogP contribution in [-0.4, -0.2) is 31.1 Å². The molecule has 8 heteroatoms. The Hall–Kier alpha value is -2.84. The fourth-order valence-corrected chi connectivity index (χ4v) is 5.88. The molecule has 7 nitrogen and oxygen atoms in total. The Kier molecular flexibility index (Phi) is 6.12. The zero-order chi connectivity index (χ0) is 23.9. The number of aliphatic hydroxyl groups is 1. The lowest BCUT2D eigenvalue weighted by Gasteiger charge is -2.35. The van der Waals surface area contributed by atoms with Crippen molar-refractivity contribution in [1.29, 1.82) is 0 Å². The van der Waals surface area contributed by atoms with E-state index in [1.54, 1.807) is 13.1 Å². The molecule has 2 fully saturated rings. The predicted molar refractivity (Wildman–Crippen MR) is 132 cm³/mol. The van der Waals surface area contributed by atoms with E-state index in [9.17, 15) is 15.0 Å². The van der Waals surface area contributed by atoms with Crippen LogP contribution in [0.1, 0.15) is 67.5 Å². The van der Waals surface area contributed by atoms with E-state index in [0.717, 1.165) is 27.8 Å². The van der Waals surface area contributed by atoms with Gasteiger partial charge in [0.2, 0.25) is 0 Å². The Labute approximate surface area is 203 Å². The fourth-order valence-electron chi connectivity index (χ4n) is 4.88. The van der Waals surface area contributed by atoms with Crippen molar-refractivity contribution in [2.24, 2.45) is 11.8 Å². The third-order valence-electron chi connectivity index (χ3n) is 7.12. The third kappa shape index (κ3) is 4.83.